The molecule has 1 fully saturated rings. The van der Waals surface area contributed by atoms with Crippen molar-refractivity contribution in [2.24, 2.45) is 0 Å². The Labute approximate surface area is 147 Å². The molecule has 1 saturated heterocycles. The van der Waals surface area contributed by atoms with Crippen LogP contribution in [0.5, 0.6) is 5.75 Å². The van der Waals surface area contributed by atoms with Crippen LogP contribution in [0, 0.1) is 0 Å². The summed E-state index contributed by atoms with van der Waals surface area (Å²) in [6, 6.07) is 18.1. The zero-order chi connectivity index (χ0) is 17.6. The van der Waals surface area contributed by atoms with Gasteiger partial charge in [0.1, 0.15) is 11.8 Å². The topological polar surface area (TPSA) is 58.6 Å². The summed E-state index contributed by atoms with van der Waals surface area (Å²) >= 11 is 0. The second-order valence-electron chi connectivity index (χ2n) is 6.17. The van der Waals surface area contributed by atoms with Gasteiger partial charge in [0, 0.05) is 6.54 Å². The molecular formula is C20H22N2O3. The molecule has 130 valence electrons. The number of para-hydroxylation sites is 1. The molecule has 5 nitrogen and oxygen atoms in total. The summed E-state index contributed by atoms with van der Waals surface area (Å²) in [5.74, 6) is 0.343. The van der Waals surface area contributed by atoms with Crippen molar-refractivity contribution in [3.63, 3.8) is 0 Å². The molecule has 3 rings (SSSR count). The van der Waals surface area contributed by atoms with Crippen molar-refractivity contribution >= 4 is 12.0 Å². The second kappa shape index (κ2) is 7.83. The summed E-state index contributed by atoms with van der Waals surface area (Å²) < 4.78 is 5.38. The standard InChI is InChI=1S/C20H22N2O3/c1-15(16-9-4-2-5-10-16)21-19(23)18-13-8-14-22(18)20(24)25-17-11-6-3-7-12-17/h2-7,9-12,15,18H,8,13-14H2,1H3,(H,21,23)/t15-,18+/m1/s1. The lowest BCUT2D eigenvalue weighted by molar-refractivity contribution is -0.125. The zero-order valence-electron chi connectivity index (χ0n) is 14.2. The van der Waals surface area contributed by atoms with Gasteiger partial charge in [-0.3, -0.25) is 9.69 Å². The summed E-state index contributed by atoms with van der Waals surface area (Å²) in [5.41, 5.74) is 1.03. The monoisotopic (exact) mass is 338 g/mol. The Morgan fingerprint density at radius 1 is 1.08 bits per heavy atom. The average Bonchev–Trinajstić information content (AvgIpc) is 3.13. The van der Waals surface area contributed by atoms with Crippen LogP contribution >= 0.6 is 0 Å². The minimum absolute atomic E-state index is 0.110. The molecule has 25 heavy (non-hydrogen) atoms. The van der Waals surface area contributed by atoms with Crippen molar-refractivity contribution in [1.29, 1.82) is 0 Å². The summed E-state index contributed by atoms with van der Waals surface area (Å²) in [6.07, 6.45) is 0.968. The predicted octanol–water partition coefficient (Wildman–Crippen LogP) is 3.53. The molecule has 0 spiro atoms. The third-order valence-electron chi connectivity index (χ3n) is 4.40. The van der Waals surface area contributed by atoms with Gasteiger partial charge in [-0.1, -0.05) is 48.5 Å². The van der Waals surface area contributed by atoms with Crippen LogP contribution in [0.25, 0.3) is 0 Å². The highest BCUT2D eigenvalue weighted by atomic mass is 16.6. The Morgan fingerprint density at radius 2 is 1.72 bits per heavy atom. The Balaban J connectivity index is 1.62. The molecular weight excluding hydrogens is 316 g/mol. The highest BCUT2D eigenvalue weighted by molar-refractivity contribution is 5.87. The Hall–Kier alpha value is -2.82. The van der Waals surface area contributed by atoms with Crippen LogP contribution < -0.4 is 10.1 Å². The average molecular weight is 338 g/mol. The van der Waals surface area contributed by atoms with Crippen LogP contribution in [0.2, 0.25) is 0 Å². The van der Waals surface area contributed by atoms with Crippen molar-refractivity contribution in [2.75, 3.05) is 6.54 Å². The van der Waals surface area contributed by atoms with Gasteiger partial charge in [0.05, 0.1) is 6.04 Å². The number of carbonyl (C=O) groups is 2. The molecule has 1 aliphatic heterocycles. The zero-order valence-corrected chi connectivity index (χ0v) is 14.2. The van der Waals surface area contributed by atoms with Gasteiger partial charge in [0.2, 0.25) is 5.91 Å². The van der Waals surface area contributed by atoms with E-state index in [1.54, 1.807) is 24.3 Å². The smallest absolute Gasteiger partial charge is 0.410 e. The molecule has 2 aromatic rings. The third kappa shape index (κ3) is 4.18. The fourth-order valence-electron chi connectivity index (χ4n) is 3.04. The third-order valence-corrected chi connectivity index (χ3v) is 4.40. The van der Waals surface area contributed by atoms with Gasteiger partial charge in [-0.25, -0.2) is 4.79 Å². The number of hydrogen-bond acceptors (Lipinski definition) is 3. The number of rotatable bonds is 4. The summed E-state index contributed by atoms with van der Waals surface area (Å²) in [5, 5.41) is 3.00. The first-order valence-electron chi connectivity index (χ1n) is 8.54. The Morgan fingerprint density at radius 3 is 2.40 bits per heavy atom. The molecule has 0 unspecified atom stereocenters. The molecule has 1 aliphatic rings. The predicted molar refractivity (Wildman–Crippen MR) is 95.2 cm³/mol. The Bertz CT molecular complexity index is 718. The van der Waals surface area contributed by atoms with Crippen molar-refractivity contribution < 1.29 is 14.3 Å². The van der Waals surface area contributed by atoms with E-state index in [-0.39, 0.29) is 11.9 Å². The molecule has 5 heteroatoms. The first-order chi connectivity index (χ1) is 12.1. The molecule has 0 radical (unpaired) electrons. The maximum atomic E-state index is 12.6. The van der Waals surface area contributed by atoms with Crippen molar-refractivity contribution in [1.82, 2.24) is 10.2 Å². The van der Waals surface area contributed by atoms with Gasteiger partial charge >= 0.3 is 6.09 Å². The quantitative estimate of drug-likeness (QED) is 0.928. The molecule has 0 saturated carbocycles. The van der Waals surface area contributed by atoms with E-state index < -0.39 is 12.1 Å². The van der Waals surface area contributed by atoms with Crippen LogP contribution in [-0.4, -0.2) is 29.5 Å². The summed E-state index contributed by atoms with van der Waals surface area (Å²) in [4.78, 5) is 26.6. The highest BCUT2D eigenvalue weighted by Gasteiger charge is 2.35. The number of hydrogen-bond donors (Lipinski definition) is 1. The molecule has 0 aromatic heterocycles. The SMILES string of the molecule is C[C@@H](NC(=O)[C@@H]1CCCN1C(=O)Oc1ccccc1)c1ccccc1. The van der Waals surface area contributed by atoms with Gasteiger partial charge in [0.25, 0.3) is 0 Å². The molecule has 2 amide bonds. The molecule has 2 atom stereocenters. The molecule has 2 aromatic carbocycles. The number of carbonyl (C=O) groups excluding carboxylic acids is 2. The second-order valence-corrected chi connectivity index (χ2v) is 6.17. The van der Waals surface area contributed by atoms with E-state index in [1.165, 1.54) is 4.90 Å². The lowest BCUT2D eigenvalue weighted by Gasteiger charge is -2.25. The van der Waals surface area contributed by atoms with Crippen molar-refractivity contribution in [3.8, 4) is 5.75 Å². The van der Waals surface area contributed by atoms with E-state index in [9.17, 15) is 9.59 Å². The first kappa shape index (κ1) is 17.0. The van der Waals surface area contributed by atoms with Crippen molar-refractivity contribution in [3.05, 3.63) is 66.2 Å². The van der Waals surface area contributed by atoms with Crippen LogP contribution in [0.3, 0.4) is 0 Å². The van der Waals surface area contributed by atoms with Crippen LogP contribution in [0.4, 0.5) is 4.79 Å². The van der Waals surface area contributed by atoms with Crippen molar-refractivity contribution in [2.45, 2.75) is 31.8 Å². The van der Waals surface area contributed by atoms with Gasteiger partial charge in [-0.15, -0.1) is 0 Å². The van der Waals surface area contributed by atoms with Gasteiger partial charge < -0.3 is 10.1 Å². The van der Waals surface area contributed by atoms with E-state index in [2.05, 4.69) is 5.32 Å². The van der Waals surface area contributed by atoms with Gasteiger partial charge in [0.15, 0.2) is 0 Å². The van der Waals surface area contributed by atoms with Crippen LogP contribution in [0.1, 0.15) is 31.4 Å². The van der Waals surface area contributed by atoms with E-state index in [1.807, 2.05) is 43.3 Å². The first-order valence-corrected chi connectivity index (χ1v) is 8.54. The number of nitrogens with one attached hydrogen (secondary N) is 1. The highest BCUT2D eigenvalue weighted by Crippen LogP contribution is 2.21. The van der Waals surface area contributed by atoms with Crippen LogP contribution in [-0.2, 0) is 4.79 Å². The van der Waals surface area contributed by atoms with Crippen LogP contribution in [0.15, 0.2) is 60.7 Å². The van der Waals surface area contributed by atoms with Gasteiger partial charge in [-0.2, -0.15) is 0 Å². The fourth-order valence-corrected chi connectivity index (χ4v) is 3.04. The number of ether oxygens (including phenoxy) is 1. The van der Waals surface area contributed by atoms with E-state index in [4.69, 9.17) is 4.74 Å². The minimum atomic E-state index is -0.484. The number of nitrogens with zero attached hydrogens (tertiary/aromatic N) is 1. The maximum Gasteiger partial charge on any atom is 0.415 e. The molecule has 0 bridgehead atoms. The molecule has 1 N–H and O–H groups in total. The molecule has 1 heterocycles. The van der Waals surface area contributed by atoms with Gasteiger partial charge in [-0.05, 0) is 37.5 Å². The van der Waals surface area contributed by atoms with E-state index in [0.29, 0.717) is 18.7 Å². The Kier molecular flexibility index (Phi) is 5.33. The summed E-state index contributed by atoms with van der Waals surface area (Å²) in [7, 11) is 0. The maximum absolute atomic E-state index is 12.6. The fraction of sp³-hybridized carbons (Fsp3) is 0.300. The van der Waals surface area contributed by atoms with E-state index in [0.717, 1.165) is 12.0 Å². The van der Waals surface area contributed by atoms with E-state index >= 15 is 0 Å². The largest absolute Gasteiger partial charge is 0.415 e. The summed E-state index contributed by atoms with van der Waals surface area (Å²) in [6.45, 7) is 2.47. The normalized spacial score (nSPS) is 17.8. The minimum Gasteiger partial charge on any atom is -0.410 e. The number of benzene rings is 2. The lowest BCUT2D eigenvalue weighted by Crippen LogP contribution is -2.47. The molecule has 0 aliphatic carbocycles. The number of amides is 2. The number of likely N-dealkylation sites (tertiary alicyclic amines) is 1. The lowest BCUT2D eigenvalue weighted by atomic mass is 10.1.